The van der Waals surface area contributed by atoms with Crippen LogP contribution in [0.1, 0.15) is 50.4 Å². The first-order valence-corrected chi connectivity index (χ1v) is 10.8. The number of hydrogen-bond acceptors (Lipinski definition) is 4. The van der Waals surface area contributed by atoms with Crippen LogP contribution in [0.25, 0.3) is 0 Å². The third-order valence-corrected chi connectivity index (χ3v) is 5.74. The standard InChI is InChI=1S/C21H30BrN3O3/c1-21(2,3)28-20(27)25-11-5-4-6-18(25)23-12-14-24(15-13-23)19(26)16-7-9-17(22)10-8-16/h7-10,18H,4-6,11-15H2,1-3H3. The molecule has 2 fully saturated rings. The highest BCUT2D eigenvalue weighted by Gasteiger charge is 2.36. The van der Waals surface area contributed by atoms with Gasteiger partial charge >= 0.3 is 6.09 Å². The Hall–Kier alpha value is -1.60. The SMILES string of the molecule is CC(C)(C)OC(=O)N1CCCCC1N1CCN(C(=O)c2ccc(Br)cc2)CC1. The van der Waals surface area contributed by atoms with Crippen LogP contribution in [-0.4, -0.2) is 71.2 Å². The molecule has 0 aromatic heterocycles. The first-order chi connectivity index (χ1) is 13.2. The fourth-order valence-electron chi connectivity index (χ4n) is 3.83. The second kappa shape index (κ2) is 8.82. The van der Waals surface area contributed by atoms with E-state index >= 15 is 0 Å². The van der Waals surface area contributed by atoms with Gasteiger partial charge in [-0.3, -0.25) is 14.6 Å². The molecule has 0 radical (unpaired) electrons. The van der Waals surface area contributed by atoms with Gasteiger partial charge in [0.15, 0.2) is 0 Å². The van der Waals surface area contributed by atoms with Crippen molar-refractivity contribution in [1.29, 1.82) is 0 Å². The Bertz CT molecular complexity index is 694. The quantitative estimate of drug-likeness (QED) is 0.682. The molecule has 1 aromatic rings. The number of piperidine rings is 1. The van der Waals surface area contributed by atoms with E-state index in [1.807, 2.05) is 54.8 Å². The zero-order valence-electron chi connectivity index (χ0n) is 17.0. The van der Waals surface area contributed by atoms with Crippen LogP contribution in [0.15, 0.2) is 28.7 Å². The highest BCUT2D eigenvalue weighted by Crippen LogP contribution is 2.24. The Kier molecular flexibility index (Phi) is 6.65. The molecule has 1 unspecified atom stereocenters. The van der Waals surface area contributed by atoms with E-state index in [4.69, 9.17) is 4.74 Å². The van der Waals surface area contributed by atoms with Gasteiger partial charge in [0, 0.05) is 42.8 Å². The van der Waals surface area contributed by atoms with Gasteiger partial charge in [0.1, 0.15) is 5.60 Å². The summed E-state index contributed by atoms with van der Waals surface area (Å²) in [6, 6.07) is 7.49. The smallest absolute Gasteiger partial charge is 0.411 e. The molecule has 0 spiro atoms. The lowest BCUT2D eigenvalue weighted by Gasteiger charge is -2.45. The zero-order valence-corrected chi connectivity index (χ0v) is 18.6. The lowest BCUT2D eigenvalue weighted by molar-refractivity contribution is -0.0350. The number of rotatable bonds is 2. The highest BCUT2D eigenvalue weighted by atomic mass is 79.9. The number of ether oxygens (including phenoxy) is 1. The molecule has 2 saturated heterocycles. The van der Waals surface area contributed by atoms with E-state index in [0.29, 0.717) is 18.7 Å². The number of carbonyl (C=O) groups is 2. The molecule has 154 valence electrons. The molecule has 6 nitrogen and oxygen atoms in total. The van der Waals surface area contributed by atoms with Crippen LogP contribution >= 0.6 is 15.9 Å². The molecule has 28 heavy (non-hydrogen) atoms. The van der Waals surface area contributed by atoms with Crippen LogP contribution in [0.2, 0.25) is 0 Å². The summed E-state index contributed by atoms with van der Waals surface area (Å²) < 4.78 is 6.58. The Balaban J connectivity index is 1.60. The maximum Gasteiger partial charge on any atom is 0.411 e. The van der Waals surface area contributed by atoms with Gasteiger partial charge in [0.2, 0.25) is 0 Å². The summed E-state index contributed by atoms with van der Waals surface area (Å²) in [6.07, 6.45) is 2.92. The lowest BCUT2D eigenvalue weighted by atomic mass is 10.1. The van der Waals surface area contributed by atoms with Crippen LogP contribution in [0, 0.1) is 0 Å². The zero-order chi connectivity index (χ0) is 20.3. The first kappa shape index (κ1) is 21.1. The van der Waals surface area contributed by atoms with Crippen molar-refractivity contribution in [3.05, 3.63) is 34.3 Å². The molecule has 2 heterocycles. The molecular weight excluding hydrogens is 422 g/mol. The Morgan fingerprint density at radius 2 is 1.64 bits per heavy atom. The molecular formula is C21H30BrN3O3. The van der Waals surface area contributed by atoms with Crippen molar-refractivity contribution < 1.29 is 14.3 Å². The molecule has 2 amide bonds. The van der Waals surface area contributed by atoms with E-state index in [2.05, 4.69) is 20.8 Å². The maximum absolute atomic E-state index is 12.7. The fraction of sp³-hybridized carbons (Fsp3) is 0.619. The van der Waals surface area contributed by atoms with Gasteiger partial charge in [0.25, 0.3) is 5.91 Å². The minimum Gasteiger partial charge on any atom is -0.444 e. The second-order valence-electron chi connectivity index (χ2n) is 8.49. The van der Waals surface area contributed by atoms with Crippen molar-refractivity contribution in [1.82, 2.24) is 14.7 Å². The van der Waals surface area contributed by atoms with Crippen LogP contribution < -0.4 is 0 Å². The number of benzene rings is 1. The molecule has 0 N–H and O–H groups in total. The van der Waals surface area contributed by atoms with Gasteiger partial charge in [-0.05, 0) is 64.3 Å². The van der Waals surface area contributed by atoms with Crippen LogP contribution in [0.3, 0.4) is 0 Å². The lowest BCUT2D eigenvalue weighted by Crippen LogP contribution is -2.59. The Morgan fingerprint density at radius 3 is 2.25 bits per heavy atom. The van der Waals surface area contributed by atoms with Crippen LogP contribution in [0.4, 0.5) is 4.79 Å². The molecule has 0 bridgehead atoms. The minimum atomic E-state index is -0.491. The van der Waals surface area contributed by atoms with Gasteiger partial charge < -0.3 is 9.64 Å². The predicted molar refractivity (Wildman–Crippen MR) is 112 cm³/mol. The maximum atomic E-state index is 12.7. The first-order valence-electron chi connectivity index (χ1n) is 10.0. The van der Waals surface area contributed by atoms with Gasteiger partial charge in [0.05, 0.1) is 6.17 Å². The van der Waals surface area contributed by atoms with Gasteiger partial charge in [-0.15, -0.1) is 0 Å². The summed E-state index contributed by atoms with van der Waals surface area (Å²) in [5.74, 6) is 0.0693. The van der Waals surface area contributed by atoms with E-state index in [-0.39, 0.29) is 18.2 Å². The number of piperazine rings is 1. The molecule has 2 aliphatic rings. The van der Waals surface area contributed by atoms with E-state index in [0.717, 1.165) is 43.4 Å². The van der Waals surface area contributed by atoms with Gasteiger partial charge in [-0.1, -0.05) is 15.9 Å². The number of hydrogen-bond donors (Lipinski definition) is 0. The third kappa shape index (κ3) is 5.26. The van der Waals surface area contributed by atoms with Gasteiger partial charge in [-0.25, -0.2) is 4.79 Å². The van der Waals surface area contributed by atoms with Crippen molar-refractivity contribution in [3.8, 4) is 0 Å². The summed E-state index contributed by atoms with van der Waals surface area (Å²) in [7, 11) is 0. The Morgan fingerprint density at radius 1 is 1.00 bits per heavy atom. The average Bonchev–Trinajstić information content (AvgIpc) is 2.67. The minimum absolute atomic E-state index is 0.0635. The molecule has 0 aliphatic carbocycles. The van der Waals surface area contributed by atoms with Crippen molar-refractivity contribution in [3.63, 3.8) is 0 Å². The third-order valence-electron chi connectivity index (χ3n) is 5.21. The number of halogens is 1. The van der Waals surface area contributed by atoms with Crippen molar-refractivity contribution in [2.75, 3.05) is 32.7 Å². The predicted octanol–water partition coefficient (Wildman–Crippen LogP) is 3.95. The number of amides is 2. The molecule has 7 heteroatoms. The molecule has 1 aromatic carbocycles. The van der Waals surface area contributed by atoms with Gasteiger partial charge in [-0.2, -0.15) is 0 Å². The summed E-state index contributed by atoms with van der Waals surface area (Å²) >= 11 is 3.40. The highest BCUT2D eigenvalue weighted by molar-refractivity contribution is 9.10. The second-order valence-corrected chi connectivity index (χ2v) is 9.40. The van der Waals surface area contributed by atoms with Crippen LogP contribution in [0.5, 0.6) is 0 Å². The largest absolute Gasteiger partial charge is 0.444 e. The number of likely N-dealkylation sites (tertiary alicyclic amines) is 1. The number of nitrogens with zero attached hydrogens (tertiary/aromatic N) is 3. The molecule has 3 rings (SSSR count). The normalized spacial score (nSPS) is 21.5. The monoisotopic (exact) mass is 451 g/mol. The summed E-state index contributed by atoms with van der Waals surface area (Å²) in [5, 5.41) is 0. The van der Waals surface area contributed by atoms with E-state index < -0.39 is 5.60 Å². The Labute approximate surface area is 175 Å². The average molecular weight is 452 g/mol. The van der Waals surface area contributed by atoms with Crippen LogP contribution in [-0.2, 0) is 4.74 Å². The van der Waals surface area contributed by atoms with Crippen molar-refractivity contribution in [2.45, 2.75) is 51.8 Å². The molecule has 2 aliphatic heterocycles. The topological polar surface area (TPSA) is 53.1 Å². The number of carbonyl (C=O) groups excluding carboxylic acids is 2. The molecule has 1 atom stereocenters. The van der Waals surface area contributed by atoms with E-state index in [1.165, 1.54) is 0 Å². The summed E-state index contributed by atoms with van der Waals surface area (Å²) in [4.78, 5) is 31.5. The van der Waals surface area contributed by atoms with Crippen molar-refractivity contribution in [2.24, 2.45) is 0 Å². The summed E-state index contributed by atoms with van der Waals surface area (Å²) in [6.45, 7) is 9.32. The summed E-state index contributed by atoms with van der Waals surface area (Å²) in [5.41, 5.74) is 0.221. The van der Waals surface area contributed by atoms with Crippen molar-refractivity contribution >= 4 is 27.9 Å². The van der Waals surface area contributed by atoms with E-state index in [1.54, 1.807) is 0 Å². The van der Waals surface area contributed by atoms with E-state index in [9.17, 15) is 9.59 Å². The fourth-order valence-corrected chi connectivity index (χ4v) is 4.09. The molecule has 0 saturated carbocycles.